The number of oxazole rings is 1. The zero-order valence-corrected chi connectivity index (χ0v) is 15.4. The van der Waals surface area contributed by atoms with Crippen LogP contribution in [0.4, 0.5) is 4.79 Å². The third-order valence-electron chi connectivity index (χ3n) is 5.56. The minimum absolute atomic E-state index is 0.213. The molecular weight excluding hydrogens is 344 g/mol. The number of nitrogens with zero attached hydrogens (tertiary/aromatic N) is 2. The van der Waals surface area contributed by atoms with Crippen LogP contribution in [-0.4, -0.2) is 47.5 Å². The molecule has 1 aromatic heterocycles. The van der Waals surface area contributed by atoms with E-state index in [0.29, 0.717) is 0 Å². The molecule has 0 spiro atoms. The van der Waals surface area contributed by atoms with Gasteiger partial charge in [-0.1, -0.05) is 25.0 Å². The number of imide groups is 1. The highest BCUT2D eigenvalue weighted by Crippen LogP contribution is 2.29. The summed E-state index contributed by atoms with van der Waals surface area (Å²) in [7, 11) is 0. The summed E-state index contributed by atoms with van der Waals surface area (Å²) in [6, 6.07) is 7.64. The Kier molecular flexibility index (Phi) is 5.38. The second-order valence-electron chi connectivity index (χ2n) is 7.57. The van der Waals surface area contributed by atoms with E-state index in [1.165, 1.54) is 0 Å². The number of fused-ring (bicyclic) bond motifs is 1. The van der Waals surface area contributed by atoms with Gasteiger partial charge in [0.2, 0.25) is 5.91 Å². The number of likely N-dealkylation sites (tertiary alicyclic amines) is 1. The van der Waals surface area contributed by atoms with Crippen LogP contribution < -0.4 is 10.6 Å². The molecule has 2 aromatic rings. The maximum atomic E-state index is 12.1. The summed E-state index contributed by atoms with van der Waals surface area (Å²) >= 11 is 0. The number of hydrogen-bond acceptors (Lipinski definition) is 5. The van der Waals surface area contributed by atoms with E-state index in [0.717, 1.165) is 68.6 Å². The van der Waals surface area contributed by atoms with Crippen LogP contribution in [0.25, 0.3) is 11.1 Å². The van der Waals surface area contributed by atoms with Crippen molar-refractivity contribution in [2.45, 2.75) is 50.5 Å². The lowest BCUT2D eigenvalue weighted by molar-refractivity contribution is -0.121. The fourth-order valence-corrected chi connectivity index (χ4v) is 4.06. The van der Waals surface area contributed by atoms with E-state index in [4.69, 9.17) is 4.42 Å². The molecule has 2 N–H and O–H groups in total. The molecule has 1 saturated carbocycles. The molecule has 7 nitrogen and oxygen atoms in total. The molecule has 0 atom stereocenters. The molecule has 4 rings (SSSR count). The number of rotatable bonds is 4. The molecule has 2 fully saturated rings. The first-order chi connectivity index (χ1) is 13.2. The molecule has 7 heteroatoms. The zero-order valence-electron chi connectivity index (χ0n) is 15.4. The number of hydrogen-bond donors (Lipinski definition) is 2. The summed E-state index contributed by atoms with van der Waals surface area (Å²) in [5, 5.41) is 5.33. The van der Waals surface area contributed by atoms with Crippen LogP contribution in [-0.2, 0) is 4.79 Å². The highest BCUT2D eigenvalue weighted by Gasteiger charge is 2.26. The van der Waals surface area contributed by atoms with Gasteiger partial charge in [0.1, 0.15) is 5.52 Å². The molecule has 1 saturated heterocycles. The van der Waals surface area contributed by atoms with E-state index < -0.39 is 0 Å². The number of amides is 3. The van der Waals surface area contributed by atoms with Crippen molar-refractivity contribution in [3.05, 3.63) is 30.2 Å². The smallest absolute Gasteiger partial charge is 0.321 e. The number of nitrogens with one attached hydrogen (secondary N) is 2. The van der Waals surface area contributed by atoms with Gasteiger partial charge in [-0.3, -0.25) is 15.0 Å². The van der Waals surface area contributed by atoms with E-state index in [2.05, 4.69) is 20.5 Å². The van der Waals surface area contributed by atoms with E-state index >= 15 is 0 Å². The number of piperidine rings is 1. The van der Waals surface area contributed by atoms with Crippen LogP contribution in [0.2, 0.25) is 0 Å². The molecule has 27 heavy (non-hydrogen) atoms. The Morgan fingerprint density at radius 2 is 1.85 bits per heavy atom. The molecule has 144 valence electrons. The largest absolute Gasteiger partial charge is 0.440 e. The first-order valence-electron chi connectivity index (χ1n) is 9.85. The van der Waals surface area contributed by atoms with E-state index in [1.54, 1.807) is 0 Å². The van der Waals surface area contributed by atoms with Gasteiger partial charge < -0.3 is 9.73 Å². The van der Waals surface area contributed by atoms with Crippen molar-refractivity contribution >= 4 is 23.0 Å². The fourth-order valence-electron chi connectivity index (χ4n) is 4.06. The fraction of sp³-hybridized carbons (Fsp3) is 0.550. The Hall–Kier alpha value is -2.41. The Balaban J connectivity index is 1.23. The Morgan fingerprint density at radius 3 is 2.59 bits per heavy atom. The number of para-hydroxylation sites is 2. The summed E-state index contributed by atoms with van der Waals surface area (Å²) in [6.07, 6.45) is 6.10. The minimum Gasteiger partial charge on any atom is -0.440 e. The Bertz CT molecular complexity index is 771. The van der Waals surface area contributed by atoms with Crippen LogP contribution >= 0.6 is 0 Å². The molecule has 3 amide bonds. The van der Waals surface area contributed by atoms with Crippen molar-refractivity contribution in [1.29, 1.82) is 0 Å². The average Bonchev–Trinajstić information content (AvgIpc) is 3.31. The van der Waals surface area contributed by atoms with Gasteiger partial charge in [-0.05, 0) is 50.9 Å². The molecular formula is C20H26N4O3. The third kappa shape index (κ3) is 4.47. The molecule has 1 aliphatic heterocycles. The van der Waals surface area contributed by atoms with Crippen LogP contribution in [0.3, 0.4) is 0 Å². The highest BCUT2D eigenvalue weighted by atomic mass is 16.3. The predicted octanol–water partition coefficient (Wildman–Crippen LogP) is 2.78. The topological polar surface area (TPSA) is 87.5 Å². The first kappa shape index (κ1) is 18.0. The zero-order chi connectivity index (χ0) is 18.6. The number of urea groups is 1. The lowest BCUT2D eigenvalue weighted by atomic mass is 9.97. The van der Waals surface area contributed by atoms with Crippen LogP contribution in [0.5, 0.6) is 0 Å². The Morgan fingerprint density at radius 1 is 1.11 bits per heavy atom. The molecule has 0 bridgehead atoms. The molecule has 1 aliphatic carbocycles. The third-order valence-corrected chi connectivity index (χ3v) is 5.56. The SMILES string of the molecule is O=C(CN1CCC(c2nc3ccccc3o2)CC1)NC(=O)NC1CCCC1. The average molecular weight is 370 g/mol. The van der Waals surface area contributed by atoms with Crippen molar-refractivity contribution < 1.29 is 14.0 Å². The lowest BCUT2D eigenvalue weighted by Crippen LogP contribution is -2.48. The maximum Gasteiger partial charge on any atom is 0.321 e. The second kappa shape index (κ2) is 8.08. The summed E-state index contributed by atoms with van der Waals surface area (Å²) in [6.45, 7) is 1.83. The van der Waals surface area contributed by atoms with Gasteiger partial charge in [-0.15, -0.1) is 0 Å². The number of carbonyl (C=O) groups excluding carboxylic acids is 2. The highest BCUT2D eigenvalue weighted by molar-refractivity contribution is 5.95. The first-order valence-corrected chi connectivity index (χ1v) is 9.85. The molecule has 2 aliphatic rings. The van der Waals surface area contributed by atoms with Crippen molar-refractivity contribution in [3.63, 3.8) is 0 Å². The van der Waals surface area contributed by atoms with E-state index in [9.17, 15) is 9.59 Å². The van der Waals surface area contributed by atoms with E-state index in [1.807, 2.05) is 24.3 Å². The van der Waals surface area contributed by atoms with Gasteiger partial charge in [0, 0.05) is 12.0 Å². The minimum atomic E-state index is -0.367. The monoisotopic (exact) mass is 370 g/mol. The molecule has 1 aromatic carbocycles. The van der Waals surface area contributed by atoms with Gasteiger partial charge >= 0.3 is 6.03 Å². The Labute approximate surface area is 158 Å². The van der Waals surface area contributed by atoms with Crippen LogP contribution in [0, 0.1) is 0 Å². The predicted molar refractivity (Wildman–Crippen MR) is 101 cm³/mol. The van der Waals surface area contributed by atoms with Crippen molar-refractivity contribution in [2.24, 2.45) is 0 Å². The van der Waals surface area contributed by atoms with Gasteiger partial charge in [0.15, 0.2) is 11.5 Å². The van der Waals surface area contributed by atoms with Crippen molar-refractivity contribution in [3.8, 4) is 0 Å². The number of aromatic nitrogens is 1. The summed E-state index contributed by atoms with van der Waals surface area (Å²) in [4.78, 5) is 30.7. The standard InChI is InChI=1S/C20H26N4O3/c25-18(23-20(26)21-15-5-1-2-6-15)13-24-11-9-14(10-12-24)19-22-16-7-3-4-8-17(16)27-19/h3-4,7-8,14-15H,1-2,5-6,9-13H2,(H2,21,23,25,26). The molecule has 0 radical (unpaired) electrons. The van der Waals surface area contributed by atoms with Crippen LogP contribution in [0.15, 0.2) is 28.7 Å². The normalized spacial score (nSPS) is 19.4. The molecule has 2 heterocycles. The van der Waals surface area contributed by atoms with Crippen molar-refractivity contribution in [1.82, 2.24) is 20.5 Å². The lowest BCUT2D eigenvalue weighted by Gasteiger charge is -2.29. The van der Waals surface area contributed by atoms with Gasteiger partial charge in [-0.25, -0.2) is 9.78 Å². The quantitative estimate of drug-likeness (QED) is 0.864. The number of benzene rings is 1. The summed E-state index contributed by atoms with van der Waals surface area (Å²) < 4.78 is 5.88. The van der Waals surface area contributed by atoms with Gasteiger partial charge in [0.25, 0.3) is 0 Å². The maximum absolute atomic E-state index is 12.1. The summed E-state index contributed by atoms with van der Waals surface area (Å²) in [5.74, 6) is 0.824. The van der Waals surface area contributed by atoms with Crippen molar-refractivity contribution in [2.75, 3.05) is 19.6 Å². The van der Waals surface area contributed by atoms with Gasteiger partial charge in [-0.2, -0.15) is 0 Å². The summed E-state index contributed by atoms with van der Waals surface area (Å²) in [5.41, 5.74) is 1.71. The van der Waals surface area contributed by atoms with Crippen LogP contribution in [0.1, 0.15) is 50.3 Å². The van der Waals surface area contributed by atoms with Gasteiger partial charge in [0.05, 0.1) is 6.54 Å². The molecule has 0 unspecified atom stereocenters. The second-order valence-corrected chi connectivity index (χ2v) is 7.57. The number of carbonyl (C=O) groups is 2. The van der Waals surface area contributed by atoms with E-state index in [-0.39, 0.29) is 30.4 Å².